The second-order valence-corrected chi connectivity index (χ2v) is 8.92. The normalized spacial score (nSPS) is 18.7. The maximum Gasteiger partial charge on any atom is 0.228 e. The van der Waals surface area contributed by atoms with Crippen LogP contribution in [0.25, 0.3) is 33.2 Å². The van der Waals surface area contributed by atoms with Crippen molar-refractivity contribution in [1.29, 1.82) is 0 Å². The SMILES string of the molecule is CN1CCC(Cn2ncc3c(-c4cccc5[nH]ncc45)nc(N4CCOCC4)nc32)CC1. The number of aromatic nitrogens is 6. The van der Waals surface area contributed by atoms with E-state index in [2.05, 4.69) is 37.8 Å². The third-order valence-corrected chi connectivity index (χ3v) is 6.79. The predicted octanol–water partition coefficient (Wildman–Crippen LogP) is 2.55. The summed E-state index contributed by atoms with van der Waals surface area (Å²) in [5, 5.41) is 14.2. The van der Waals surface area contributed by atoms with Crippen molar-refractivity contribution in [3.63, 3.8) is 0 Å². The molecule has 0 amide bonds. The average Bonchev–Trinajstić information content (AvgIpc) is 3.48. The van der Waals surface area contributed by atoms with Crippen molar-refractivity contribution in [1.82, 2.24) is 34.8 Å². The molecule has 0 radical (unpaired) electrons. The number of benzene rings is 1. The van der Waals surface area contributed by atoms with E-state index in [1.54, 1.807) is 0 Å². The van der Waals surface area contributed by atoms with E-state index in [0.717, 1.165) is 71.9 Å². The average molecular weight is 433 g/mol. The Balaban J connectivity index is 1.47. The Morgan fingerprint density at radius 2 is 1.88 bits per heavy atom. The van der Waals surface area contributed by atoms with Gasteiger partial charge in [0.1, 0.15) is 0 Å². The zero-order valence-corrected chi connectivity index (χ0v) is 18.4. The lowest BCUT2D eigenvalue weighted by Gasteiger charge is -2.29. The standard InChI is InChI=1S/C23H28N8O/c1-29-7-5-16(6-8-29)15-31-22-19(14-25-31)21(17-3-2-4-20-18(17)13-24-28-20)26-23(27-22)30-9-11-32-12-10-30/h2-4,13-14,16H,5-12,15H2,1H3,(H,24,28). The van der Waals surface area contributed by atoms with Crippen LogP contribution in [-0.4, -0.2) is 81.3 Å². The van der Waals surface area contributed by atoms with Crippen molar-refractivity contribution in [3.05, 3.63) is 30.6 Å². The molecule has 0 saturated carbocycles. The lowest BCUT2D eigenvalue weighted by atomic mass is 9.97. The number of morpholine rings is 1. The molecule has 0 unspecified atom stereocenters. The minimum atomic E-state index is 0.622. The van der Waals surface area contributed by atoms with Gasteiger partial charge >= 0.3 is 0 Å². The molecule has 2 saturated heterocycles. The van der Waals surface area contributed by atoms with Crippen LogP contribution in [0.2, 0.25) is 0 Å². The van der Waals surface area contributed by atoms with Gasteiger partial charge in [-0.25, -0.2) is 9.67 Å². The van der Waals surface area contributed by atoms with E-state index in [1.807, 2.05) is 24.5 Å². The van der Waals surface area contributed by atoms with Crippen LogP contribution in [0.3, 0.4) is 0 Å². The summed E-state index contributed by atoms with van der Waals surface area (Å²) in [7, 11) is 2.20. The van der Waals surface area contributed by atoms with E-state index >= 15 is 0 Å². The zero-order valence-electron chi connectivity index (χ0n) is 18.4. The van der Waals surface area contributed by atoms with Crippen molar-refractivity contribution >= 4 is 27.9 Å². The first-order valence-corrected chi connectivity index (χ1v) is 11.4. The molecule has 4 aromatic rings. The molecule has 2 aliphatic rings. The van der Waals surface area contributed by atoms with E-state index in [4.69, 9.17) is 19.8 Å². The second-order valence-electron chi connectivity index (χ2n) is 8.92. The molecule has 2 fully saturated rings. The van der Waals surface area contributed by atoms with Crippen LogP contribution < -0.4 is 4.90 Å². The third kappa shape index (κ3) is 3.51. The number of hydrogen-bond acceptors (Lipinski definition) is 7. The van der Waals surface area contributed by atoms with Crippen LogP contribution in [-0.2, 0) is 11.3 Å². The number of nitrogens with one attached hydrogen (secondary N) is 1. The van der Waals surface area contributed by atoms with Crippen LogP contribution in [0.15, 0.2) is 30.6 Å². The van der Waals surface area contributed by atoms with Crippen molar-refractivity contribution in [2.45, 2.75) is 19.4 Å². The van der Waals surface area contributed by atoms with Gasteiger partial charge in [0, 0.05) is 30.6 Å². The molecule has 32 heavy (non-hydrogen) atoms. The Hall–Kier alpha value is -3.04. The Kier molecular flexibility index (Phi) is 4.99. The second kappa shape index (κ2) is 8.14. The van der Waals surface area contributed by atoms with E-state index in [9.17, 15) is 0 Å². The number of hydrogen-bond donors (Lipinski definition) is 1. The Bertz CT molecular complexity index is 1230. The van der Waals surface area contributed by atoms with Gasteiger partial charge in [-0.1, -0.05) is 12.1 Å². The van der Waals surface area contributed by atoms with Gasteiger partial charge in [-0.05, 0) is 45.0 Å². The lowest BCUT2D eigenvalue weighted by Crippen LogP contribution is -2.37. The van der Waals surface area contributed by atoms with Gasteiger partial charge < -0.3 is 14.5 Å². The minimum absolute atomic E-state index is 0.622. The first-order chi connectivity index (χ1) is 15.8. The molecular formula is C23H28N8O. The third-order valence-electron chi connectivity index (χ3n) is 6.79. The Morgan fingerprint density at radius 3 is 2.72 bits per heavy atom. The van der Waals surface area contributed by atoms with E-state index in [1.165, 1.54) is 12.8 Å². The molecule has 0 bridgehead atoms. The van der Waals surface area contributed by atoms with Gasteiger partial charge in [0.25, 0.3) is 0 Å². The van der Waals surface area contributed by atoms with Gasteiger partial charge in [-0.3, -0.25) is 5.10 Å². The summed E-state index contributed by atoms with van der Waals surface area (Å²) in [6, 6.07) is 6.19. The number of piperidine rings is 1. The summed E-state index contributed by atoms with van der Waals surface area (Å²) >= 11 is 0. The summed E-state index contributed by atoms with van der Waals surface area (Å²) in [6.07, 6.45) is 6.19. The summed E-state index contributed by atoms with van der Waals surface area (Å²) < 4.78 is 7.65. The smallest absolute Gasteiger partial charge is 0.228 e. The first kappa shape index (κ1) is 19.6. The molecule has 3 aromatic heterocycles. The number of likely N-dealkylation sites (tertiary alicyclic amines) is 1. The van der Waals surface area contributed by atoms with Gasteiger partial charge in [0.05, 0.1) is 42.2 Å². The number of fused-ring (bicyclic) bond motifs is 2. The summed E-state index contributed by atoms with van der Waals surface area (Å²) in [4.78, 5) is 14.7. The fraction of sp³-hybridized carbons (Fsp3) is 0.478. The monoisotopic (exact) mass is 432 g/mol. The number of aromatic amines is 1. The highest BCUT2D eigenvalue weighted by Crippen LogP contribution is 2.33. The molecule has 2 aliphatic heterocycles. The number of nitrogens with zero attached hydrogens (tertiary/aromatic N) is 7. The quantitative estimate of drug-likeness (QED) is 0.530. The molecule has 166 valence electrons. The first-order valence-electron chi connectivity index (χ1n) is 11.4. The number of rotatable bonds is 4. The van der Waals surface area contributed by atoms with Crippen LogP contribution in [0, 0.1) is 5.92 Å². The largest absolute Gasteiger partial charge is 0.378 e. The van der Waals surface area contributed by atoms with Crippen molar-refractivity contribution < 1.29 is 4.74 Å². The Labute approximate surface area is 186 Å². The van der Waals surface area contributed by atoms with Crippen molar-refractivity contribution in [2.75, 3.05) is 51.3 Å². The molecular weight excluding hydrogens is 404 g/mol. The number of anilines is 1. The highest BCUT2D eigenvalue weighted by atomic mass is 16.5. The van der Waals surface area contributed by atoms with Gasteiger partial charge in [-0.15, -0.1) is 0 Å². The molecule has 9 heteroatoms. The van der Waals surface area contributed by atoms with Crippen molar-refractivity contribution in [2.24, 2.45) is 5.92 Å². The topological polar surface area (TPSA) is 88.0 Å². The predicted molar refractivity (Wildman–Crippen MR) is 124 cm³/mol. The highest BCUT2D eigenvalue weighted by molar-refractivity contribution is 6.01. The van der Waals surface area contributed by atoms with E-state index in [0.29, 0.717) is 19.1 Å². The minimum Gasteiger partial charge on any atom is -0.378 e. The van der Waals surface area contributed by atoms with Crippen LogP contribution in [0.4, 0.5) is 5.95 Å². The Morgan fingerprint density at radius 1 is 1.03 bits per heavy atom. The van der Waals surface area contributed by atoms with Gasteiger partial charge in [-0.2, -0.15) is 15.2 Å². The molecule has 5 heterocycles. The summed E-state index contributed by atoms with van der Waals surface area (Å²) in [6.45, 7) is 6.17. The molecule has 6 rings (SSSR count). The molecule has 1 N–H and O–H groups in total. The molecule has 9 nitrogen and oxygen atoms in total. The molecule has 1 aromatic carbocycles. The van der Waals surface area contributed by atoms with E-state index in [-0.39, 0.29) is 0 Å². The van der Waals surface area contributed by atoms with Crippen LogP contribution in [0.1, 0.15) is 12.8 Å². The summed E-state index contributed by atoms with van der Waals surface area (Å²) in [5.74, 6) is 1.37. The van der Waals surface area contributed by atoms with Gasteiger partial charge in [0.15, 0.2) is 5.65 Å². The maximum atomic E-state index is 5.56. The zero-order chi connectivity index (χ0) is 21.5. The highest BCUT2D eigenvalue weighted by Gasteiger charge is 2.23. The number of H-pyrrole nitrogens is 1. The van der Waals surface area contributed by atoms with Crippen LogP contribution >= 0.6 is 0 Å². The fourth-order valence-corrected chi connectivity index (χ4v) is 4.85. The fourth-order valence-electron chi connectivity index (χ4n) is 4.85. The van der Waals surface area contributed by atoms with Gasteiger partial charge in [0.2, 0.25) is 5.95 Å². The van der Waals surface area contributed by atoms with Crippen molar-refractivity contribution in [3.8, 4) is 11.3 Å². The summed E-state index contributed by atoms with van der Waals surface area (Å²) in [5.41, 5.74) is 3.88. The molecule has 0 atom stereocenters. The molecule has 0 aliphatic carbocycles. The van der Waals surface area contributed by atoms with E-state index < -0.39 is 0 Å². The maximum absolute atomic E-state index is 5.56. The number of ether oxygens (including phenoxy) is 1. The lowest BCUT2D eigenvalue weighted by molar-refractivity contribution is 0.122. The molecule has 0 spiro atoms. The van der Waals surface area contributed by atoms with Crippen LogP contribution in [0.5, 0.6) is 0 Å².